The van der Waals surface area contributed by atoms with Crippen molar-refractivity contribution < 1.29 is 9.26 Å². The molecule has 0 amide bonds. The van der Waals surface area contributed by atoms with Gasteiger partial charge in [-0.2, -0.15) is 0 Å². The summed E-state index contributed by atoms with van der Waals surface area (Å²) in [5, 5.41) is 4.60. The van der Waals surface area contributed by atoms with E-state index in [1.165, 1.54) is 0 Å². The lowest BCUT2D eigenvalue weighted by Crippen LogP contribution is -1.81. The van der Waals surface area contributed by atoms with Gasteiger partial charge in [-0.3, -0.25) is 0 Å². The van der Waals surface area contributed by atoms with Gasteiger partial charge in [0.2, 0.25) is 0 Å². The van der Waals surface area contributed by atoms with E-state index in [4.69, 9.17) is 9.26 Å². The van der Waals surface area contributed by atoms with Crippen molar-refractivity contribution in [1.82, 2.24) is 5.16 Å². The van der Waals surface area contributed by atoms with E-state index in [0.29, 0.717) is 5.33 Å². The number of hydrogen-bond donors (Lipinski definition) is 0. The molecule has 1 aromatic heterocycles. The molecule has 15 heavy (non-hydrogen) atoms. The summed E-state index contributed by atoms with van der Waals surface area (Å²) in [6.45, 7) is 0. The fourth-order valence-corrected chi connectivity index (χ4v) is 1.53. The zero-order valence-electron chi connectivity index (χ0n) is 8.24. The first-order valence-corrected chi connectivity index (χ1v) is 5.61. The molecule has 1 aromatic carbocycles. The second kappa shape index (κ2) is 4.49. The molecule has 0 aliphatic carbocycles. The van der Waals surface area contributed by atoms with Crippen molar-refractivity contribution in [2.24, 2.45) is 0 Å². The van der Waals surface area contributed by atoms with Gasteiger partial charge in [-0.1, -0.05) is 21.1 Å². The molecule has 0 radical (unpaired) electrons. The molecule has 2 rings (SSSR count). The van der Waals surface area contributed by atoms with Crippen LogP contribution in [0.15, 0.2) is 34.9 Å². The van der Waals surface area contributed by atoms with Gasteiger partial charge in [0.1, 0.15) is 5.75 Å². The van der Waals surface area contributed by atoms with Crippen molar-refractivity contribution in [1.29, 1.82) is 0 Å². The van der Waals surface area contributed by atoms with E-state index in [1.54, 1.807) is 7.11 Å². The van der Waals surface area contributed by atoms with E-state index in [9.17, 15) is 0 Å². The molecule has 0 saturated carbocycles. The molecule has 0 bridgehead atoms. The summed E-state index contributed by atoms with van der Waals surface area (Å²) < 4.78 is 10.3. The average Bonchev–Trinajstić information content (AvgIpc) is 2.78. The van der Waals surface area contributed by atoms with Crippen molar-refractivity contribution >= 4 is 15.9 Å². The second-order valence-corrected chi connectivity index (χ2v) is 3.61. The summed E-state index contributed by atoms with van der Waals surface area (Å²) >= 11 is 3.32. The smallest absolute Gasteiger partial charge is 0.167 e. The summed E-state index contributed by atoms with van der Waals surface area (Å²) in [7, 11) is 1.65. The van der Waals surface area contributed by atoms with Crippen LogP contribution in [-0.2, 0) is 5.33 Å². The molecular formula is C11H10BrNO2. The van der Waals surface area contributed by atoms with Gasteiger partial charge in [0.05, 0.1) is 12.8 Å². The largest absolute Gasteiger partial charge is 0.497 e. The topological polar surface area (TPSA) is 35.3 Å². The van der Waals surface area contributed by atoms with Crippen LogP contribution in [0.4, 0.5) is 0 Å². The first-order valence-electron chi connectivity index (χ1n) is 4.49. The lowest BCUT2D eigenvalue weighted by atomic mass is 10.1. The fraction of sp³-hybridized carbons (Fsp3) is 0.182. The maximum absolute atomic E-state index is 5.19. The molecule has 3 nitrogen and oxygen atoms in total. The predicted molar refractivity (Wildman–Crippen MR) is 61.1 cm³/mol. The number of aromatic nitrogens is 1. The zero-order chi connectivity index (χ0) is 10.7. The van der Waals surface area contributed by atoms with E-state index < -0.39 is 0 Å². The maximum atomic E-state index is 5.19. The SMILES string of the molecule is COc1ccc(-c2cc(CBr)no2)cc1. The quantitative estimate of drug-likeness (QED) is 0.801. The number of halogens is 1. The standard InChI is InChI=1S/C11H10BrNO2/c1-14-10-4-2-8(3-5-10)11-6-9(7-12)13-15-11/h2-6H,7H2,1H3. The van der Waals surface area contributed by atoms with Crippen LogP contribution in [0.1, 0.15) is 5.69 Å². The molecule has 4 heteroatoms. The Morgan fingerprint density at radius 1 is 1.33 bits per heavy atom. The zero-order valence-corrected chi connectivity index (χ0v) is 9.82. The van der Waals surface area contributed by atoms with Crippen molar-refractivity contribution in [3.63, 3.8) is 0 Å². The molecule has 0 atom stereocenters. The Hall–Kier alpha value is -1.29. The molecule has 0 fully saturated rings. The molecular weight excluding hydrogens is 258 g/mol. The minimum atomic E-state index is 0.701. The molecule has 2 aromatic rings. The highest BCUT2D eigenvalue weighted by molar-refractivity contribution is 9.08. The number of alkyl halides is 1. The van der Waals surface area contributed by atoms with Crippen molar-refractivity contribution in [3.8, 4) is 17.1 Å². The first-order chi connectivity index (χ1) is 7.33. The highest BCUT2D eigenvalue weighted by atomic mass is 79.9. The summed E-state index contributed by atoms with van der Waals surface area (Å²) in [4.78, 5) is 0. The molecule has 0 spiro atoms. The van der Waals surface area contributed by atoms with Gasteiger partial charge in [0, 0.05) is 17.0 Å². The van der Waals surface area contributed by atoms with E-state index in [1.807, 2.05) is 30.3 Å². The lowest BCUT2D eigenvalue weighted by molar-refractivity contribution is 0.414. The molecule has 0 unspecified atom stereocenters. The second-order valence-electron chi connectivity index (χ2n) is 3.04. The van der Waals surface area contributed by atoms with Crippen LogP contribution in [0.2, 0.25) is 0 Å². The molecule has 0 aliphatic heterocycles. The molecule has 0 saturated heterocycles. The molecule has 0 aliphatic rings. The summed E-state index contributed by atoms with van der Waals surface area (Å²) in [6.07, 6.45) is 0. The molecule has 1 heterocycles. The van der Waals surface area contributed by atoms with E-state index in [-0.39, 0.29) is 0 Å². The predicted octanol–water partition coefficient (Wildman–Crippen LogP) is 3.25. The third-order valence-corrected chi connectivity index (χ3v) is 2.64. The minimum Gasteiger partial charge on any atom is -0.497 e. The highest BCUT2D eigenvalue weighted by Gasteiger charge is 2.05. The summed E-state index contributed by atoms with van der Waals surface area (Å²) in [5.41, 5.74) is 1.89. The van der Waals surface area contributed by atoms with Crippen LogP contribution < -0.4 is 4.74 Å². The number of hydrogen-bond acceptors (Lipinski definition) is 3. The minimum absolute atomic E-state index is 0.701. The van der Waals surface area contributed by atoms with E-state index >= 15 is 0 Å². The van der Waals surface area contributed by atoms with Crippen LogP contribution >= 0.6 is 15.9 Å². The Kier molecular flexibility index (Phi) is 3.06. The normalized spacial score (nSPS) is 10.3. The van der Waals surface area contributed by atoms with E-state index in [0.717, 1.165) is 22.8 Å². The Balaban J connectivity index is 2.28. The Labute approximate surface area is 96.2 Å². The number of methoxy groups -OCH3 is 1. The third kappa shape index (κ3) is 2.21. The van der Waals surface area contributed by atoms with Crippen LogP contribution in [0, 0.1) is 0 Å². The Morgan fingerprint density at radius 2 is 2.07 bits per heavy atom. The number of rotatable bonds is 3. The van der Waals surface area contributed by atoms with E-state index in [2.05, 4.69) is 21.1 Å². The van der Waals surface area contributed by atoms with Crippen molar-refractivity contribution in [2.45, 2.75) is 5.33 Å². The molecule has 0 N–H and O–H groups in total. The van der Waals surface area contributed by atoms with Gasteiger partial charge in [-0.05, 0) is 24.3 Å². The summed E-state index contributed by atoms with van der Waals surface area (Å²) in [5.74, 6) is 1.60. The van der Waals surface area contributed by atoms with Gasteiger partial charge < -0.3 is 9.26 Å². The van der Waals surface area contributed by atoms with Gasteiger partial charge >= 0.3 is 0 Å². The number of benzene rings is 1. The summed E-state index contributed by atoms with van der Waals surface area (Å²) in [6, 6.07) is 9.59. The van der Waals surface area contributed by atoms with Gasteiger partial charge in [-0.25, -0.2) is 0 Å². The maximum Gasteiger partial charge on any atom is 0.167 e. The van der Waals surface area contributed by atoms with Gasteiger partial charge in [0.15, 0.2) is 5.76 Å². The molecule has 78 valence electrons. The number of ether oxygens (including phenoxy) is 1. The van der Waals surface area contributed by atoms with Crippen LogP contribution in [0.25, 0.3) is 11.3 Å². The first kappa shape index (κ1) is 10.2. The fourth-order valence-electron chi connectivity index (χ4n) is 1.27. The van der Waals surface area contributed by atoms with Crippen LogP contribution in [0.5, 0.6) is 5.75 Å². The Bertz CT molecular complexity index is 436. The third-order valence-electron chi connectivity index (χ3n) is 2.07. The van der Waals surface area contributed by atoms with Crippen LogP contribution in [0.3, 0.4) is 0 Å². The van der Waals surface area contributed by atoms with Crippen LogP contribution in [-0.4, -0.2) is 12.3 Å². The number of nitrogens with zero attached hydrogens (tertiary/aromatic N) is 1. The van der Waals surface area contributed by atoms with Gasteiger partial charge in [-0.15, -0.1) is 0 Å². The monoisotopic (exact) mass is 267 g/mol. The van der Waals surface area contributed by atoms with Crippen molar-refractivity contribution in [2.75, 3.05) is 7.11 Å². The lowest BCUT2D eigenvalue weighted by Gasteiger charge is -1.99. The average molecular weight is 268 g/mol. The van der Waals surface area contributed by atoms with Gasteiger partial charge in [0.25, 0.3) is 0 Å². The highest BCUT2D eigenvalue weighted by Crippen LogP contribution is 2.23. The Morgan fingerprint density at radius 3 is 2.60 bits per heavy atom. The van der Waals surface area contributed by atoms with Crippen molar-refractivity contribution in [3.05, 3.63) is 36.0 Å².